The molecule has 1 aliphatic heterocycles. The summed E-state index contributed by atoms with van der Waals surface area (Å²) in [4.78, 5) is 11.4. The molecule has 2 unspecified atom stereocenters. The topological polar surface area (TPSA) is 116 Å². The van der Waals surface area contributed by atoms with Gasteiger partial charge in [-0.05, 0) is 13.8 Å². The number of carbonyl (C=O) groups excluding carboxylic acids is 1. The van der Waals surface area contributed by atoms with Gasteiger partial charge in [-0.1, -0.05) is 0 Å². The van der Waals surface area contributed by atoms with Crippen LogP contribution in [-0.4, -0.2) is 63.2 Å². The van der Waals surface area contributed by atoms with Crippen molar-refractivity contribution in [2.24, 2.45) is 0 Å². The van der Waals surface area contributed by atoms with Gasteiger partial charge in [-0.3, -0.25) is 0 Å². The molecule has 7 heteroatoms. The smallest absolute Gasteiger partial charge is 0.338 e. The van der Waals surface area contributed by atoms with Gasteiger partial charge in [0.1, 0.15) is 18.3 Å². The second-order valence-corrected chi connectivity index (χ2v) is 3.90. The molecule has 16 heavy (non-hydrogen) atoms. The molecule has 0 radical (unpaired) electrons. The average molecular weight is 236 g/mol. The third-order valence-corrected chi connectivity index (χ3v) is 2.17. The maximum atomic E-state index is 11.4. The van der Waals surface area contributed by atoms with E-state index in [0.717, 1.165) is 0 Å². The summed E-state index contributed by atoms with van der Waals surface area (Å²) in [5.41, 5.74) is 0. The zero-order valence-corrected chi connectivity index (χ0v) is 8.98. The summed E-state index contributed by atoms with van der Waals surface area (Å²) in [5.74, 6) is -0.896. The highest BCUT2D eigenvalue weighted by Crippen LogP contribution is 2.21. The molecule has 1 rings (SSSR count). The third-order valence-electron chi connectivity index (χ3n) is 2.17. The van der Waals surface area contributed by atoms with Gasteiger partial charge in [0, 0.05) is 0 Å². The van der Waals surface area contributed by atoms with E-state index in [1.165, 1.54) is 0 Å². The Kier molecular flexibility index (Phi) is 4.22. The van der Waals surface area contributed by atoms with Crippen molar-refractivity contribution in [2.75, 3.05) is 0 Å². The summed E-state index contributed by atoms with van der Waals surface area (Å²) in [7, 11) is 0. The Morgan fingerprint density at radius 2 is 1.69 bits per heavy atom. The molecule has 1 heterocycles. The quantitative estimate of drug-likeness (QED) is 0.400. The lowest BCUT2D eigenvalue weighted by Crippen LogP contribution is -2.60. The highest BCUT2D eigenvalue weighted by Gasteiger charge is 2.47. The minimum Gasteiger partial charge on any atom is -0.461 e. The lowest BCUT2D eigenvalue weighted by Gasteiger charge is -2.37. The molecule has 7 nitrogen and oxygen atoms in total. The molecule has 4 N–H and O–H groups in total. The van der Waals surface area contributed by atoms with Gasteiger partial charge in [0.2, 0.25) is 0 Å². The minimum atomic E-state index is -1.73. The zero-order valence-electron chi connectivity index (χ0n) is 8.98. The summed E-state index contributed by atoms with van der Waals surface area (Å²) in [5, 5.41) is 37.1. The first-order valence-corrected chi connectivity index (χ1v) is 4.92. The van der Waals surface area contributed by atoms with Gasteiger partial charge in [-0.2, -0.15) is 0 Å². The Balaban J connectivity index is 2.70. The standard InChI is InChI=1S/C9H16O7/c1-3(2)15-9(14)7-5(11)4(10)6(12)8(13)16-7/h3-8,10-13H,1-2H3/t4?,5-,6-,7?,8+/m0/s1. The van der Waals surface area contributed by atoms with Crippen LogP contribution in [0.2, 0.25) is 0 Å². The summed E-state index contributed by atoms with van der Waals surface area (Å²) < 4.78 is 9.43. The van der Waals surface area contributed by atoms with E-state index >= 15 is 0 Å². The van der Waals surface area contributed by atoms with Crippen LogP contribution in [-0.2, 0) is 14.3 Å². The zero-order chi connectivity index (χ0) is 12.5. The lowest BCUT2D eigenvalue weighted by molar-refractivity contribution is -0.281. The van der Waals surface area contributed by atoms with Crippen molar-refractivity contribution in [3.8, 4) is 0 Å². The predicted molar refractivity (Wildman–Crippen MR) is 50.1 cm³/mol. The van der Waals surface area contributed by atoms with Gasteiger partial charge in [0.05, 0.1) is 6.10 Å². The van der Waals surface area contributed by atoms with Gasteiger partial charge in [-0.25, -0.2) is 4.79 Å². The van der Waals surface area contributed by atoms with Gasteiger partial charge >= 0.3 is 5.97 Å². The first kappa shape index (κ1) is 13.3. The fourth-order valence-corrected chi connectivity index (χ4v) is 1.36. The Hall–Kier alpha value is -0.730. The van der Waals surface area contributed by atoms with Crippen molar-refractivity contribution in [3.05, 3.63) is 0 Å². The first-order valence-electron chi connectivity index (χ1n) is 4.92. The van der Waals surface area contributed by atoms with Crippen molar-refractivity contribution >= 4 is 5.97 Å². The van der Waals surface area contributed by atoms with E-state index < -0.39 is 42.8 Å². The summed E-state index contributed by atoms with van der Waals surface area (Å²) in [6.45, 7) is 3.21. The van der Waals surface area contributed by atoms with Crippen LogP contribution < -0.4 is 0 Å². The van der Waals surface area contributed by atoms with E-state index in [1.54, 1.807) is 13.8 Å². The summed E-state index contributed by atoms with van der Waals surface area (Å²) >= 11 is 0. The Morgan fingerprint density at radius 3 is 2.19 bits per heavy atom. The largest absolute Gasteiger partial charge is 0.461 e. The van der Waals surface area contributed by atoms with Crippen LogP contribution in [0.15, 0.2) is 0 Å². The highest BCUT2D eigenvalue weighted by atomic mass is 16.7. The van der Waals surface area contributed by atoms with E-state index in [-0.39, 0.29) is 0 Å². The normalized spacial score (nSPS) is 39.8. The lowest BCUT2D eigenvalue weighted by atomic mass is 9.99. The molecule has 0 aromatic carbocycles. The van der Waals surface area contributed by atoms with E-state index in [9.17, 15) is 15.0 Å². The second kappa shape index (κ2) is 5.07. The van der Waals surface area contributed by atoms with Gasteiger partial charge < -0.3 is 29.9 Å². The fraction of sp³-hybridized carbons (Fsp3) is 0.889. The number of hydrogen-bond donors (Lipinski definition) is 4. The molecule has 0 saturated carbocycles. The SMILES string of the molecule is CC(C)OC(=O)C1O[C@@H](O)[C@@H](O)C(O)[C@@H]1O. The minimum absolute atomic E-state index is 0.413. The Bertz CT molecular complexity index is 254. The van der Waals surface area contributed by atoms with Crippen LogP contribution in [0.25, 0.3) is 0 Å². The number of ether oxygens (including phenoxy) is 2. The highest BCUT2D eigenvalue weighted by molar-refractivity contribution is 5.76. The molecule has 0 aromatic heterocycles. The number of hydrogen-bond acceptors (Lipinski definition) is 7. The predicted octanol–water partition coefficient (Wildman–Crippen LogP) is -2.26. The van der Waals surface area contributed by atoms with Crippen LogP contribution in [0, 0.1) is 0 Å². The molecule has 0 amide bonds. The van der Waals surface area contributed by atoms with Crippen LogP contribution in [0.4, 0.5) is 0 Å². The van der Waals surface area contributed by atoms with E-state index in [2.05, 4.69) is 4.74 Å². The van der Waals surface area contributed by atoms with Crippen LogP contribution >= 0.6 is 0 Å². The molecule has 1 saturated heterocycles. The monoisotopic (exact) mass is 236 g/mol. The van der Waals surface area contributed by atoms with Crippen molar-refractivity contribution in [1.82, 2.24) is 0 Å². The van der Waals surface area contributed by atoms with Gasteiger partial charge in [0.25, 0.3) is 0 Å². The maximum Gasteiger partial charge on any atom is 0.338 e. The van der Waals surface area contributed by atoms with E-state index in [0.29, 0.717) is 0 Å². The molecule has 5 atom stereocenters. The third kappa shape index (κ3) is 2.69. The van der Waals surface area contributed by atoms with Crippen LogP contribution in [0.5, 0.6) is 0 Å². The molecule has 0 aromatic rings. The molecule has 0 bridgehead atoms. The molecule has 0 aliphatic carbocycles. The molecule has 1 aliphatic rings. The molecular formula is C9H16O7. The van der Waals surface area contributed by atoms with Gasteiger partial charge in [0.15, 0.2) is 12.4 Å². The fourth-order valence-electron chi connectivity index (χ4n) is 1.36. The average Bonchev–Trinajstić information content (AvgIpc) is 2.19. The summed E-state index contributed by atoms with van der Waals surface area (Å²) in [6, 6.07) is 0. The number of aliphatic hydroxyl groups excluding tert-OH is 4. The van der Waals surface area contributed by atoms with Gasteiger partial charge in [-0.15, -0.1) is 0 Å². The van der Waals surface area contributed by atoms with Crippen LogP contribution in [0.1, 0.15) is 13.8 Å². The number of aliphatic hydroxyl groups is 4. The van der Waals surface area contributed by atoms with Crippen molar-refractivity contribution in [2.45, 2.75) is 50.7 Å². The van der Waals surface area contributed by atoms with Crippen molar-refractivity contribution in [3.63, 3.8) is 0 Å². The van der Waals surface area contributed by atoms with E-state index in [4.69, 9.17) is 14.9 Å². The maximum absolute atomic E-state index is 11.4. The summed E-state index contributed by atoms with van der Waals surface area (Å²) in [6.07, 6.45) is -8.60. The molecular weight excluding hydrogens is 220 g/mol. The first-order chi connectivity index (χ1) is 7.34. The number of rotatable bonds is 2. The van der Waals surface area contributed by atoms with Crippen molar-refractivity contribution in [1.29, 1.82) is 0 Å². The van der Waals surface area contributed by atoms with Crippen molar-refractivity contribution < 1.29 is 34.7 Å². The molecule has 1 fully saturated rings. The number of esters is 1. The molecule has 94 valence electrons. The van der Waals surface area contributed by atoms with E-state index in [1.807, 2.05) is 0 Å². The Morgan fingerprint density at radius 1 is 1.12 bits per heavy atom. The Labute approximate surface area is 92.2 Å². The molecule has 0 spiro atoms. The van der Waals surface area contributed by atoms with Crippen LogP contribution in [0.3, 0.4) is 0 Å². The second-order valence-electron chi connectivity index (χ2n) is 3.90. The number of carbonyl (C=O) groups is 1.